The molecule has 2 aromatic carbocycles. The lowest BCUT2D eigenvalue weighted by atomic mass is 10.2. The van der Waals surface area contributed by atoms with Crippen LogP contribution >= 0.6 is 12.2 Å². The normalized spacial score (nSPS) is 16.4. The van der Waals surface area contributed by atoms with Gasteiger partial charge in [0.05, 0.1) is 12.2 Å². The van der Waals surface area contributed by atoms with Crippen LogP contribution in [0.25, 0.3) is 0 Å². The quantitative estimate of drug-likeness (QED) is 0.867. The van der Waals surface area contributed by atoms with E-state index in [1.807, 2.05) is 30.3 Å². The van der Waals surface area contributed by atoms with Gasteiger partial charge in [-0.1, -0.05) is 42.5 Å². The molecule has 0 saturated carbocycles. The number of para-hydroxylation sites is 1. The van der Waals surface area contributed by atoms with Crippen LogP contribution in [0.2, 0.25) is 0 Å². The van der Waals surface area contributed by atoms with E-state index in [4.69, 9.17) is 12.2 Å². The lowest BCUT2D eigenvalue weighted by Crippen LogP contribution is -2.43. The smallest absolute Gasteiger partial charge is 0.268 e. The van der Waals surface area contributed by atoms with Crippen molar-refractivity contribution in [1.29, 1.82) is 0 Å². The topological polar surface area (TPSA) is 49.4 Å². The molecule has 0 aromatic heterocycles. The molecule has 1 heterocycles. The van der Waals surface area contributed by atoms with Gasteiger partial charge in [-0.05, 0) is 29.9 Å². The minimum absolute atomic E-state index is 0.201. The van der Waals surface area contributed by atoms with Gasteiger partial charge in [-0.2, -0.15) is 0 Å². The number of sulfonamides is 1. The van der Waals surface area contributed by atoms with E-state index >= 15 is 0 Å². The lowest BCUT2D eigenvalue weighted by molar-refractivity contribution is 0.518. The first-order chi connectivity index (χ1) is 9.59. The zero-order chi connectivity index (χ0) is 14.2. The summed E-state index contributed by atoms with van der Waals surface area (Å²) in [7, 11) is -3.60. The van der Waals surface area contributed by atoms with E-state index in [0.29, 0.717) is 5.69 Å². The molecule has 2 aromatic rings. The van der Waals surface area contributed by atoms with Gasteiger partial charge in [-0.15, -0.1) is 0 Å². The molecule has 0 unspecified atom stereocenters. The van der Waals surface area contributed by atoms with E-state index in [9.17, 15) is 8.42 Å². The first-order valence-corrected chi connectivity index (χ1v) is 7.90. The van der Waals surface area contributed by atoms with Crippen LogP contribution in [0.5, 0.6) is 0 Å². The standard InChI is InChI=1S/C14H12N2O2S2/c17-20(18)13-9-5-4-8-12(13)15-14(19)16(20)10-11-6-2-1-3-7-11/h1-9H,10H2,(H,15,19). The third-order valence-electron chi connectivity index (χ3n) is 3.09. The predicted octanol–water partition coefficient (Wildman–Crippen LogP) is 2.59. The van der Waals surface area contributed by atoms with Crippen molar-refractivity contribution < 1.29 is 8.42 Å². The Kier molecular flexibility index (Phi) is 3.19. The number of anilines is 1. The number of nitrogens with zero attached hydrogens (tertiary/aromatic N) is 1. The van der Waals surface area contributed by atoms with Crippen molar-refractivity contribution in [3.8, 4) is 0 Å². The largest absolute Gasteiger partial charge is 0.331 e. The van der Waals surface area contributed by atoms with Crippen LogP contribution in [0.4, 0.5) is 5.69 Å². The number of benzene rings is 2. The second kappa shape index (κ2) is 4.88. The predicted molar refractivity (Wildman–Crippen MR) is 81.8 cm³/mol. The van der Waals surface area contributed by atoms with E-state index in [2.05, 4.69) is 5.32 Å². The second-order valence-corrected chi connectivity index (χ2v) is 6.64. The summed E-state index contributed by atoms with van der Waals surface area (Å²) in [6, 6.07) is 16.1. The fourth-order valence-corrected chi connectivity index (χ4v) is 4.04. The van der Waals surface area contributed by atoms with E-state index in [0.717, 1.165) is 5.56 Å². The monoisotopic (exact) mass is 304 g/mol. The summed E-state index contributed by atoms with van der Waals surface area (Å²) >= 11 is 5.19. The third-order valence-corrected chi connectivity index (χ3v) is 5.33. The van der Waals surface area contributed by atoms with Gasteiger partial charge in [-0.25, -0.2) is 12.7 Å². The summed E-state index contributed by atoms with van der Waals surface area (Å²) in [5, 5.41) is 3.17. The van der Waals surface area contributed by atoms with Crippen LogP contribution in [0.3, 0.4) is 0 Å². The Morgan fingerprint density at radius 2 is 1.65 bits per heavy atom. The van der Waals surface area contributed by atoms with Gasteiger partial charge < -0.3 is 5.32 Å². The van der Waals surface area contributed by atoms with E-state index in [1.54, 1.807) is 24.3 Å². The van der Waals surface area contributed by atoms with Crippen LogP contribution in [-0.2, 0) is 16.6 Å². The average Bonchev–Trinajstić information content (AvgIpc) is 2.45. The highest BCUT2D eigenvalue weighted by Gasteiger charge is 2.33. The van der Waals surface area contributed by atoms with Crippen molar-refractivity contribution in [3.05, 3.63) is 60.2 Å². The van der Waals surface area contributed by atoms with Crippen molar-refractivity contribution >= 4 is 33.0 Å². The van der Waals surface area contributed by atoms with Crippen molar-refractivity contribution in [2.24, 2.45) is 0 Å². The molecular weight excluding hydrogens is 292 g/mol. The van der Waals surface area contributed by atoms with Crippen LogP contribution in [0, 0.1) is 0 Å². The number of fused-ring (bicyclic) bond motifs is 1. The van der Waals surface area contributed by atoms with Crippen LogP contribution < -0.4 is 5.32 Å². The van der Waals surface area contributed by atoms with Gasteiger partial charge in [0.1, 0.15) is 4.90 Å². The van der Waals surface area contributed by atoms with Crippen LogP contribution in [-0.4, -0.2) is 17.8 Å². The Morgan fingerprint density at radius 1 is 1.00 bits per heavy atom. The average molecular weight is 304 g/mol. The molecule has 0 fully saturated rings. The Morgan fingerprint density at radius 3 is 2.40 bits per heavy atom. The highest BCUT2D eigenvalue weighted by molar-refractivity contribution is 7.92. The molecule has 0 bridgehead atoms. The van der Waals surface area contributed by atoms with Gasteiger partial charge in [0, 0.05) is 0 Å². The van der Waals surface area contributed by atoms with Crippen molar-refractivity contribution in [3.63, 3.8) is 0 Å². The zero-order valence-corrected chi connectivity index (χ0v) is 12.1. The number of thiocarbonyl (C=S) groups is 1. The summed E-state index contributed by atoms with van der Waals surface area (Å²) < 4.78 is 26.5. The molecule has 0 aliphatic carbocycles. The summed E-state index contributed by atoms with van der Waals surface area (Å²) in [5.41, 5.74) is 1.42. The van der Waals surface area contributed by atoms with Gasteiger partial charge >= 0.3 is 0 Å². The SMILES string of the molecule is O=S1(=O)c2ccccc2NC(=S)N1Cc1ccccc1. The maximum Gasteiger partial charge on any atom is 0.268 e. The summed E-state index contributed by atoms with van der Waals surface area (Å²) in [6.45, 7) is 0.226. The molecule has 3 rings (SSSR count). The highest BCUT2D eigenvalue weighted by atomic mass is 32.2. The summed E-state index contributed by atoms with van der Waals surface area (Å²) in [6.07, 6.45) is 0. The summed E-state index contributed by atoms with van der Waals surface area (Å²) in [4.78, 5) is 0.254. The van der Waals surface area contributed by atoms with E-state index in [-0.39, 0.29) is 16.6 Å². The molecule has 1 aliphatic rings. The molecule has 0 atom stereocenters. The van der Waals surface area contributed by atoms with Gasteiger partial charge in [0.15, 0.2) is 5.11 Å². The second-order valence-electron chi connectivity index (χ2n) is 4.42. The molecular formula is C14H12N2O2S2. The maximum absolute atomic E-state index is 12.6. The Labute approximate surface area is 123 Å². The fraction of sp³-hybridized carbons (Fsp3) is 0.0714. The molecule has 102 valence electrons. The molecule has 0 saturated heterocycles. The molecule has 0 spiro atoms. The molecule has 6 heteroatoms. The molecule has 0 radical (unpaired) electrons. The zero-order valence-electron chi connectivity index (χ0n) is 10.5. The van der Waals surface area contributed by atoms with Crippen molar-refractivity contribution in [1.82, 2.24) is 4.31 Å². The van der Waals surface area contributed by atoms with Gasteiger partial charge in [0.2, 0.25) is 0 Å². The number of hydrogen-bond acceptors (Lipinski definition) is 3. The minimum Gasteiger partial charge on any atom is -0.331 e. The molecule has 20 heavy (non-hydrogen) atoms. The number of hydrogen-bond donors (Lipinski definition) is 1. The number of nitrogens with one attached hydrogen (secondary N) is 1. The van der Waals surface area contributed by atoms with Crippen LogP contribution in [0.15, 0.2) is 59.5 Å². The molecule has 1 N–H and O–H groups in total. The third kappa shape index (κ3) is 2.17. The molecule has 1 aliphatic heterocycles. The molecule has 4 nitrogen and oxygen atoms in total. The number of rotatable bonds is 2. The maximum atomic E-state index is 12.6. The Bertz CT molecular complexity index is 758. The Hall–Kier alpha value is -1.92. The van der Waals surface area contributed by atoms with Gasteiger partial charge in [0.25, 0.3) is 10.0 Å². The Balaban J connectivity index is 2.03. The van der Waals surface area contributed by atoms with Gasteiger partial charge in [-0.3, -0.25) is 0 Å². The van der Waals surface area contributed by atoms with E-state index in [1.165, 1.54) is 4.31 Å². The summed E-state index contributed by atoms with van der Waals surface area (Å²) in [5.74, 6) is 0. The minimum atomic E-state index is -3.60. The van der Waals surface area contributed by atoms with Crippen molar-refractivity contribution in [2.75, 3.05) is 5.32 Å². The highest BCUT2D eigenvalue weighted by Crippen LogP contribution is 2.30. The molecule has 0 amide bonds. The fourth-order valence-electron chi connectivity index (χ4n) is 2.11. The van der Waals surface area contributed by atoms with Crippen molar-refractivity contribution in [2.45, 2.75) is 11.4 Å². The lowest BCUT2D eigenvalue weighted by Gasteiger charge is -2.31. The first-order valence-electron chi connectivity index (χ1n) is 6.06. The van der Waals surface area contributed by atoms with E-state index < -0.39 is 10.0 Å². The van der Waals surface area contributed by atoms with Crippen LogP contribution in [0.1, 0.15) is 5.56 Å². The first kappa shape index (κ1) is 13.1.